The van der Waals surface area contributed by atoms with Gasteiger partial charge >= 0.3 is 0 Å². The molecule has 162 valence electrons. The third kappa shape index (κ3) is 5.64. The van der Waals surface area contributed by atoms with Gasteiger partial charge in [0.2, 0.25) is 5.95 Å². The second kappa shape index (κ2) is 10.1. The molecule has 31 heavy (non-hydrogen) atoms. The Kier molecular flexibility index (Phi) is 6.84. The van der Waals surface area contributed by atoms with Crippen LogP contribution in [-0.2, 0) is 6.42 Å². The minimum absolute atomic E-state index is 0.149. The molecule has 1 aliphatic heterocycles. The van der Waals surface area contributed by atoms with Gasteiger partial charge in [0.15, 0.2) is 11.5 Å². The number of phenols is 1. The number of nitrogens with one attached hydrogen (secondary N) is 3. The number of nitrogens with zero attached hydrogens (tertiary/aromatic N) is 2. The topological polar surface area (TPSA) is 91.3 Å². The van der Waals surface area contributed by atoms with E-state index >= 15 is 0 Å². The van der Waals surface area contributed by atoms with Gasteiger partial charge in [0.05, 0.1) is 12.8 Å². The average molecular weight is 420 g/mol. The number of hydrogen-bond acceptors (Lipinski definition) is 7. The van der Waals surface area contributed by atoms with E-state index in [0.29, 0.717) is 24.3 Å². The maximum Gasteiger partial charge on any atom is 0.223 e. The molecule has 1 fully saturated rings. The summed E-state index contributed by atoms with van der Waals surface area (Å²) in [7, 11) is 1.54. The van der Waals surface area contributed by atoms with Crippen molar-refractivity contribution in [3.8, 4) is 22.8 Å². The predicted octanol–water partition coefficient (Wildman–Crippen LogP) is 3.68. The van der Waals surface area contributed by atoms with Crippen molar-refractivity contribution in [3.05, 3.63) is 60.3 Å². The van der Waals surface area contributed by atoms with E-state index in [1.165, 1.54) is 0 Å². The normalized spacial score (nSPS) is 14.2. The van der Waals surface area contributed by atoms with Crippen LogP contribution >= 0.6 is 0 Å². The van der Waals surface area contributed by atoms with Crippen LogP contribution in [0, 0.1) is 0 Å². The third-order valence-electron chi connectivity index (χ3n) is 5.46. The van der Waals surface area contributed by atoms with Crippen molar-refractivity contribution >= 4 is 11.6 Å². The van der Waals surface area contributed by atoms with Crippen LogP contribution in [0.3, 0.4) is 0 Å². The van der Waals surface area contributed by atoms with Crippen LogP contribution in [0.1, 0.15) is 18.4 Å². The van der Waals surface area contributed by atoms with E-state index in [-0.39, 0.29) is 5.75 Å². The van der Waals surface area contributed by atoms with Gasteiger partial charge in [0.25, 0.3) is 0 Å². The van der Waals surface area contributed by atoms with E-state index in [1.54, 1.807) is 25.4 Å². The average Bonchev–Trinajstić information content (AvgIpc) is 2.80. The Morgan fingerprint density at radius 3 is 2.81 bits per heavy atom. The first-order valence-corrected chi connectivity index (χ1v) is 10.7. The minimum Gasteiger partial charge on any atom is -0.504 e. The quantitative estimate of drug-likeness (QED) is 0.443. The van der Waals surface area contributed by atoms with Crippen molar-refractivity contribution in [2.24, 2.45) is 0 Å². The summed E-state index contributed by atoms with van der Waals surface area (Å²) in [6, 6.07) is 16.3. The van der Waals surface area contributed by atoms with Crippen LogP contribution in [0.4, 0.5) is 11.6 Å². The fourth-order valence-corrected chi connectivity index (χ4v) is 3.78. The number of methoxy groups -OCH3 is 1. The summed E-state index contributed by atoms with van der Waals surface area (Å²) in [5, 5.41) is 20.2. The van der Waals surface area contributed by atoms with Crippen LogP contribution in [0.5, 0.6) is 11.5 Å². The molecule has 2 aromatic carbocycles. The maximum atomic E-state index is 9.92. The van der Waals surface area contributed by atoms with Gasteiger partial charge in [-0.1, -0.05) is 18.2 Å². The largest absolute Gasteiger partial charge is 0.504 e. The summed E-state index contributed by atoms with van der Waals surface area (Å²) in [5.74, 6) is 1.22. The SMILES string of the molecule is COc1ccc(CCNc2nccc(-c3cccc(NC4CCNCC4)c3)n2)cc1O. The molecule has 0 saturated carbocycles. The number of rotatable bonds is 8. The molecule has 4 N–H and O–H groups in total. The minimum atomic E-state index is 0.149. The van der Waals surface area contributed by atoms with Crippen LogP contribution in [0.25, 0.3) is 11.3 Å². The van der Waals surface area contributed by atoms with Crippen molar-refractivity contribution in [2.45, 2.75) is 25.3 Å². The Bertz CT molecular complexity index is 1000. The molecule has 3 aromatic rings. The van der Waals surface area contributed by atoms with Crippen molar-refractivity contribution in [1.82, 2.24) is 15.3 Å². The number of benzene rings is 2. The summed E-state index contributed by atoms with van der Waals surface area (Å²) in [5.41, 5.74) is 4.08. The summed E-state index contributed by atoms with van der Waals surface area (Å²) in [6.07, 6.45) is 4.78. The molecule has 0 bridgehead atoms. The molecule has 7 heteroatoms. The molecule has 1 aromatic heterocycles. The molecule has 0 atom stereocenters. The van der Waals surface area contributed by atoms with E-state index in [1.807, 2.05) is 12.1 Å². The number of phenolic OH excluding ortho intramolecular Hbond substituents is 1. The molecule has 1 aliphatic rings. The van der Waals surface area contributed by atoms with Gasteiger partial charge in [-0.05, 0) is 68.2 Å². The van der Waals surface area contributed by atoms with Crippen molar-refractivity contribution in [1.29, 1.82) is 0 Å². The zero-order valence-electron chi connectivity index (χ0n) is 17.8. The molecular weight excluding hydrogens is 390 g/mol. The first-order valence-electron chi connectivity index (χ1n) is 10.7. The van der Waals surface area contributed by atoms with E-state index in [0.717, 1.165) is 54.9 Å². The third-order valence-corrected chi connectivity index (χ3v) is 5.46. The molecule has 0 aliphatic carbocycles. The van der Waals surface area contributed by atoms with E-state index < -0.39 is 0 Å². The summed E-state index contributed by atoms with van der Waals surface area (Å²) in [4.78, 5) is 9.02. The predicted molar refractivity (Wildman–Crippen MR) is 124 cm³/mol. The van der Waals surface area contributed by atoms with Gasteiger partial charge in [-0.2, -0.15) is 0 Å². The maximum absolute atomic E-state index is 9.92. The summed E-state index contributed by atoms with van der Waals surface area (Å²) < 4.78 is 5.09. The smallest absolute Gasteiger partial charge is 0.223 e. The lowest BCUT2D eigenvalue weighted by Crippen LogP contribution is -2.35. The van der Waals surface area contributed by atoms with Crippen molar-refractivity contribution < 1.29 is 9.84 Å². The van der Waals surface area contributed by atoms with Gasteiger partial charge in [-0.15, -0.1) is 0 Å². The summed E-state index contributed by atoms with van der Waals surface area (Å²) in [6.45, 7) is 2.79. The Morgan fingerprint density at radius 2 is 2.00 bits per heavy atom. The monoisotopic (exact) mass is 419 g/mol. The van der Waals surface area contributed by atoms with Crippen molar-refractivity contribution in [2.75, 3.05) is 37.4 Å². The fraction of sp³-hybridized carbons (Fsp3) is 0.333. The molecule has 0 spiro atoms. The Labute approximate surface area is 182 Å². The van der Waals surface area contributed by atoms with Gasteiger partial charge in [-0.3, -0.25) is 0 Å². The number of hydrogen-bond donors (Lipinski definition) is 4. The van der Waals surface area contributed by atoms with Gasteiger partial charge in [0, 0.05) is 30.0 Å². The molecule has 4 rings (SSSR count). The lowest BCUT2D eigenvalue weighted by atomic mass is 10.1. The molecule has 0 radical (unpaired) electrons. The Morgan fingerprint density at radius 1 is 1.13 bits per heavy atom. The zero-order valence-corrected chi connectivity index (χ0v) is 17.8. The highest BCUT2D eigenvalue weighted by Crippen LogP contribution is 2.26. The first-order chi connectivity index (χ1) is 15.2. The van der Waals surface area contributed by atoms with Gasteiger partial charge < -0.3 is 25.8 Å². The highest BCUT2D eigenvalue weighted by molar-refractivity contribution is 5.65. The highest BCUT2D eigenvalue weighted by Gasteiger charge is 2.13. The number of aromatic hydroxyl groups is 1. The Hall–Kier alpha value is -3.32. The van der Waals surface area contributed by atoms with Crippen LogP contribution in [0.15, 0.2) is 54.7 Å². The van der Waals surface area contributed by atoms with Gasteiger partial charge in [-0.25, -0.2) is 9.97 Å². The molecular formula is C24H29N5O2. The molecule has 2 heterocycles. The standard InChI is InChI=1S/C24H29N5O2/c1-31-23-6-5-17(15-22(23)30)7-13-26-24-27-14-10-21(29-24)18-3-2-4-20(16-18)28-19-8-11-25-12-9-19/h2-6,10,14-16,19,25,28,30H,7-9,11-13H2,1H3,(H,26,27,29). The second-order valence-corrected chi connectivity index (χ2v) is 7.70. The number of ether oxygens (including phenoxy) is 1. The first kappa shape index (κ1) is 20.9. The lowest BCUT2D eigenvalue weighted by molar-refractivity contribution is 0.373. The van der Waals surface area contributed by atoms with Gasteiger partial charge in [0.1, 0.15) is 0 Å². The number of piperidine rings is 1. The molecule has 1 saturated heterocycles. The van der Waals surface area contributed by atoms with E-state index in [4.69, 9.17) is 4.74 Å². The number of aromatic nitrogens is 2. The van der Waals surface area contributed by atoms with E-state index in [9.17, 15) is 5.11 Å². The fourth-order valence-electron chi connectivity index (χ4n) is 3.78. The van der Waals surface area contributed by atoms with E-state index in [2.05, 4.69) is 50.2 Å². The molecule has 0 unspecified atom stereocenters. The zero-order chi connectivity index (χ0) is 21.5. The second-order valence-electron chi connectivity index (χ2n) is 7.70. The van der Waals surface area contributed by atoms with Crippen LogP contribution in [0.2, 0.25) is 0 Å². The van der Waals surface area contributed by atoms with Crippen molar-refractivity contribution in [3.63, 3.8) is 0 Å². The van der Waals surface area contributed by atoms with Crippen LogP contribution < -0.4 is 20.7 Å². The number of anilines is 2. The lowest BCUT2D eigenvalue weighted by Gasteiger charge is -2.24. The molecule has 7 nitrogen and oxygen atoms in total. The van der Waals surface area contributed by atoms with Crippen LogP contribution in [-0.4, -0.2) is 47.9 Å². The highest BCUT2D eigenvalue weighted by atomic mass is 16.5. The molecule has 0 amide bonds. The Balaban J connectivity index is 1.37. The summed E-state index contributed by atoms with van der Waals surface area (Å²) >= 11 is 0.